The van der Waals surface area contributed by atoms with Crippen LogP contribution in [-0.2, 0) is 37.2 Å². The van der Waals surface area contributed by atoms with E-state index in [1.165, 1.54) is 25.3 Å². The van der Waals surface area contributed by atoms with Crippen LogP contribution in [0.2, 0.25) is 0 Å². The van der Waals surface area contributed by atoms with Crippen molar-refractivity contribution in [2.75, 3.05) is 20.3 Å². The molecule has 26 heavy (non-hydrogen) atoms. The fourth-order valence-corrected chi connectivity index (χ4v) is 2.40. The zero-order valence-corrected chi connectivity index (χ0v) is 14.9. The molecule has 0 saturated heterocycles. The van der Waals surface area contributed by atoms with Crippen LogP contribution in [0.4, 0.5) is 13.2 Å². The molecule has 0 aliphatic rings. The van der Waals surface area contributed by atoms with Crippen molar-refractivity contribution in [1.82, 2.24) is 0 Å². The number of hydrogen-bond donors (Lipinski definition) is 0. The molecule has 0 radical (unpaired) electrons. The number of carbonyl (C=O) groups is 1. The largest absolute Gasteiger partial charge is 0.534 e. The van der Waals surface area contributed by atoms with E-state index in [2.05, 4.69) is 10.8 Å². The third kappa shape index (κ3) is 6.68. The SMILES string of the molecule is C=CCc1cc(CCC(=O)OCCOC)ccc1OS(=O)(=O)C(F)(F)F. The molecule has 0 aliphatic heterocycles. The van der Waals surface area contributed by atoms with Gasteiger partial charge in [0, 0.05) is 13.5 Å². The molecule has 0 aliphatic carbocycles. The van der Waals surface area contributed by atoms with Crippen molar-refractivity contribution in [3.8, 4) is 5.75 Å². The number of hydrogen-bond acceptors (Lipinski definition) is 6. The average molecular weight is 396 g/mol. The van der Waals surface area contributed by atoms with Gasteiger partial charge >= 0.3 is 21.6 Å². The highest BCUT2D eigenvalue weighted by Crippen LogP contribution is 2.30. The Labute approximate surface area is 149 Å². The monoisotopic (exact) mass is 396 g/mol. The normalized spacial score (nSPS) is 11.8. The van der Waals surface area contributed by atoms with Crippen molar-refractivity contribution in [3.05, 3.63) is 42.0 Å². The molecule has 0 fully saturated rings. The Kier molecular flexibility index (Phi) is 8.09. The van der Waals surface area contributed by atoms with Gasteiger partial charge in [-0.3, -0.25) is 4.79 Å². The summed E-state index contributed by atoms with van der Waals surface area (Å²) in [5, 5.41) is 0. The first kappa shape index (κ1) is 22.0. The Morgan fingerprint density at radius 2 is 1.96 bits per heavy atom. The number of allylic oxidation sites excluding steroid dienone is 1. The number of esters is 1. The van der Waals surface area contributed by atoms with E-state index in [-0.39, 0.29) is 38.0 Å². The van der Waals surface area contributed by atoms with E-state index in [1.807, 2.05) is 0 Å². The fourth-order valence-electron chi connectivity index (χ4n) is 1.91. The number of aryl methyl sites for hydroxylation is 1. The predicted octanol–water partition coefficient (Wildman–Crippen LogP) is 2.77. The summed E-state index contributed by atoms with van der Waals surface area (Å²) in [5.74, 6) is -0.888. The van der Waals surface area contributed by atoms with Crippen LogP contribution in [0.25, 0.3) is 0 Å². The lowest BCUT2D eigenvalue weighted by Crippen LogP contribution is -2.28. The maximum atomic E-state index is 12.5. The summed E-state index contributed by atoms with van der Waals surface area (Å²) in [5.41, 5.74) is -4.70. The second-order valence-electron chi connectivity index (χ2n) is 5.13. The van der Waals surface area contributed by atoms with Gasteiger partial charge in [0.1, 0.15) is 12.4 Å². The van der Waals surface area contributed by atoms with Crippen LogP contribution in [0, 0.1) is 0 Å². The molecule has 146 valence electrons. The molecule has 0 amide bonds. The summed E-state index contributed by atoms with van der Waals surface area (Å²) in [6, 6.07) is 3.97. The summed E-state index contributed by atoms with van der Waals surface area (Å²) in [6.45, 7) is 3.87. The number of halogens is 3. The minimum absolute atomic E-state index is 0.0539. The Bertz CT molecular complexity index is 728. The number of rotatable bonds is 10. The molecule has 0 unspecified atom stereocenters. The minimum atomic E-state index is -5.76. The zero-order valence-electron chi connectivity index (χ0n) is 14.0. The van der Waals surface area contributed by atoms with Crippen LogP contribution in [0.5, 0.6) is 5.75 Å². The Balaban J connectivity index is 2.85. The molecule has 1 aromatic rings. The van der Waals surface area contributed by atoms with Crippen LogP contribution in [0.1, 0.15) is 17.5 Å². The van der Waals surface area contributed by atoms with E-state index in [9.17, 15) is 26.4 Å². The predicted molar refractivity (Wildman–Crippen MR) is 87.1 cm³/mol. The molecule has 10 heteroatoms. The van der Waals surface area contributed by atoms with Gasteiger partial charge in [-0.05, 0) is 30.0 Å². The third-order valence-corrected chi connectivity index (χ3v) is 4.11. The Morgan fingerprint density at radius 1 is 1.27 bits per heavy atom. The van der Waals surface area contributed by atoms with E-state index in [4.69, 9.17) is 9.47 Å². The van der Waals surface area contributed by atoms with Gasteiger partial charge in [0.05, 0.1) is 6.61 Å². The van der Waals surface area contributed by atoms with Crippen molar-refractivity contribution < 1.29 is 40.0 Å². The lowest BCUT2D eigenvalue weighted by molar-refractivity contribution is -0.144. The van der Waals surface area contributed by atoms with Crippen LogP contribution < -0.4 is 4.18 Å². The smallest absolute Gasteiger partial charge is 0.463 e. The molecule has 0 N–H and O–H groups in total. The Hall–Kier alpha value is -2.07. The molecule has 1 aromatic carbocycles. The molecule has 1 rings (SSSR count). The molecule has 0 saturated carbocycles. The standard InChI is InChI=1S/C16H19F3O6S/c1-3-4-13-11-12(6-8-15(20)24-10-9-23-2)5-7-14(13)25-26(21,22)16(17,18)19/h3,5,7,11H,1,4,6,8-10H2,2H3. The van der Waals surface area contributed by atoms with Crippen molar-refractivity contribution in [2.24, 2.45) is 0 Å². The molecule has 6 nitrogen and oxygen atoms in total. The second-order valence-corrected chi connectivity index (χ2v) is 6.67. The maximum absolute atomic E-state index is 12.5. The van der Waals surface area contributed by atoms with Crippen LogP contribution >= 0.6 is 0 Å². The van der Waals surface area contributed by atoms with Crippen molar-refractivity contribution >= 4 is 16.1 Å². The lowest BCUT2D eigenvalue weighted by Gasteiger charge is -2.13. The molecule has 0 spiro atoms. The van der Waals surface area contributed by atoms with Crippen LogP contribution in [-0.4, -0.2) is 40.2 Å². The molecule has 0 aromatic heterocycles. The summed E-state index contributed by atoms with van der Waals surface area (Å²) in [7, 11) is -4.29. The van der Waals surface area contributed by atoms with E-state index in [0.29, 0.717) is 5.56 Å². The van der Waals surface area contributed by atoms with Gasteiger partial charge in [-0.25, -0.2) is 0 Å². The van der Waals surface area contributed by atoms with Crippen molar-refractivity contribution in [3.63, 3.8) is 0 Å². The number of benzene rings is 1. The molecule has 0 heterocycles. The van der Waals surface area contributed by atoms with Gasteiger partial charge in [0.25, 0.3) is 0 Å². The van der Waals surface area contributed by atoms with Crippen LogP contribution in [0.15, 0.2) is 30.9 Å². The maximum Gasteiger partial charge on any atom is 0.534 e. The number of carbonyl (C=O) groups excluding carboxylic acids is 1. The van der Waals surface area contributed by atoms with E-state index in [0.717, 1.165) is 6.07 Å². The van der Waals surface area contributed by atoms with Gasteiger partial charge < -0.3 is 13.7 Å². The lowest BCUT2D eigenvalue weighted by atomic mass is 10.0. The summed E-state index contributed by atoms with van der Waals surface area (Å²) < 4.78 is 73.5. The van der Waals surface area contributed by atoms with Gasteiger partial charge in [0.15, 0.2) is 0 Å². The van der Waals surface area contributed by atoms with Gasteiger partial charge in [-0.15, -0.1) is 6.58 Å². The van der Waals surface area contributed by atoms with Crippen molar-refractivity contribution in [2.45, 2.75) is 24.8 Å². The minimum Gasteiger partial charge on any atom is -0.463 e. The number of alkyl halides is 3. The number of ether oxygens (including phenoxy) is 2. The van der Waals surface area contributed by atoms with Gasteiger partial charge in [-0.1, -0.05) is 18.2 Å². The highest BCUT2D eigenvalue weighted by Gasteiger charge is 2.48. The third-order valence-electron chi connectivity index (χ3n) is 3.14. The first-order valence-electron chi connectivity index (χ1n) is 7.48. The van der Waals surface area contributed by atoms with E-state index >= 15 is 0 Å². The molecule has 0 bridgehead atoms. The van der Waals surface area contributed by atoms with Gasteiger partial charge in [0.2, 0.25) is 0 Å². The fraction of sp³-hybridized carbons (Fsp3) is 0.438. The van der Waals surface area contributed by atoms with Gasteiger partial charge in [-0.2, -0.15) is 21.6 Å². The zero-order chi connectivity index (χ0) is 19.8. The molecular formula is C16H19F3O6S. The van der Waals surface area contributed by atoms with E-state index < -0.39 is 27.3 Å². The average Bonchev–Trinajstić information content (AvgIpc) is 2.54. The highest BCUT2D eigenvalue weighted by atomic mass is 32.2. The summed E-state index contributed by atoms with van der Waals surface area (Å²) in [4.78, 5) is 11.5. The highest BCUT2D eigenvalue weighted by molar-refractivity contribution is 7.88. The topological polar surface area (TPSA) is 78.9 Å². The Morgan fingerprint density at radius 3 is 2.54 bits per heavy atom. The molecular weight excluding hydrogens is 377 g/mol. The van der Waals surface area contributed by atoms with Crippen LogP contribution in [0.3, 0.4) is 0 Å². The summed E-state index contributed by atoms with van der Waals surface area (Å²) >= 11 is 0. The quantitative estimate of drug-likeness (QED) is 0.199. The second kappa shape index (κ2) is 9.58. The van der Waals surface area contributed by atoms with Crippen molar-refractivity contribution in [1.29, 1.82) is 0 Å². The first-order valence-corrected chi connectivity index (χ1v) is 8.89. The number of methoxy groups -OCH3 is 1. The summed E-state index contributed by atoms with van der Waals surface area (Å²) in [6.07, 6.45) is 1.81. The first-order chi connectivity index (χ1) is 12.1. The molecule has 0 atom stereocenters. The van der Waals surface area contributed by atoms with E-state index in [1.54, 1.807) is 0 Å².